The molecule has 0 aromatic rings. The highest BCUT2D eigenvalue weighted by Gasteiger charge is 2.64. The summed E-state index contributed by atoms with van der Waals surface area (Å²) in [7, 11) is 0. The number of fused-ring (bicyclic) bond motifs is 1. The fourth-order valence-electron chi connectivity index (χ4n) is 1.24. The first kappa shape index (κ1) is 5.69. The molecule has 0 amide bonds. The van der Waals surface area contributed by atoms with Gasteiger partial charge in [0.25, 0.3) is 0 Å². The summed E-state index contributed by atoms with van der Waals surface area (Å²) < 4.78 is 5.44. The van der Waals surface area contributed by atoms with Crippen molar-refractivity contribution in [2.75, 3.05) is 13.2 Å². The van der Waals surface area contributed by atoms with Gasteiger partial charge in [-0.3, -0.25) is 0 Å². The zero-order chi connectivity index (χ0) is 5.78. The number of alkyl halides is 2. The van der Waals surface area contributed by atoms with E-state index in [0.717, 1.165) is 25.0 Å². The van der Waals surface area contributed by atoms with E-state index in [4.69, 9.17) is 4.74 Å². The Morgan fingerprint density at radius 2 is 1.75 bits per heavy atom. The number of hydrogen-bond acceptors (Lipinski definition) is 1. The maximum Gasteiger partial charge on any atom is 0.0914 e. The van der Waals surface area contributed by atoms with Gasteiger partial charge in [0, 0.05) is 11.8 Å². The molecule has 1 aliphatic heterocycles. The van der Waals surface area contributed by atoms with E-state index < -0.39 is 0 Å². The lowest BCUT2D eigenvalue weighted by molar-refractivity contribution is 0.165. The molecule has 1 saturated heterocycles. The van der Waals surface area contributed by atoms with E-state index in [9.17, 15) is 0 Å². The standard InChI is InChI=1S/C5H6Br2O/c6-5(7)3-1-8-2-4(3)5/h3-4H,1-2H2. The molecule has 2 fully saturated rings. The van der Waals surface area contributed by atoms with Gasteiger partial charge in [-0.05, 0) is 0 Å². The predicted molar refractivity (Wildman–Crippen MR) is 38.4 cm³/mol. The number of hydrogen-bond donors (Lipinski definition) is 0. The molecule has 0 spiro atoms. The van der Waals surface area contributed by atoms with Gasteiger partial charge >= 0.3 is 0 Å². The third-order valence-electron chi connectivity index (χ3n) is 1.96. The van der Waals surface area contributed by atoms with Crippen molar-refractivity contribution in [3.63, 3.8) is 0 Å². The van der Waals surface area contributed by atoms with Crippen LogP contribution in [0.3, 0.4) is 0 Å². The fraction of sp³-hybridized carbons (Fsp3) is 1.00. The fourth-order valence-corrected chi connectivity index (χ4v) is 2.78. The van der Waals surface area contributed by atoms with Crippen molar-refractivity contribution in [3.05, 3.63) is 0 Å². The molecule has 1 saturated carbocycles. The van der Waals surface area contributed by atoms with Crippen molar-refractivity contribution in [1.29, 1.82) is 0 Å². The van der Waals surface area contributed by atoms with Crippen LogP contribution in [0.4, 0.5) is 0 Å². The summed E-state index contributed by atoms with van der Waals surface area (Å²) in [4.78, 5) is 0. The molecule has 0 radical (unpaired) electrons. The van der Waals surface area contributed by atoms with Crippen LogP contribution in [0.2, 0.25) is 0 Å². The highest BCUT2D eigenvalue weighted by Crippen LogP contribution is 2.64. The van der Waals surface area contributed by atoms with Gasteiger partial charge in [0.2, 0.25) is 0 Å². The van der Waals surface area contributed by atoms with E-state index in [-0.39, 0.29) is 3.23 Å². The highest BCUT2D eigenvalue weighted by atomic mass is 79.9. The van der Waals surface area contributed by atoms with Crippen LogP contribution < -0.4 is 0 Å². The number of ether oxygens (including phenoxy) is 1. The van der Waals surface area contributed by atoms with Crippen molar-refractivity contribution in [2.45, 2.75) is 3.23 Å². The van der Waals surface area contributed by atoms with Gasteiger partial charge in [-0.25, -0.2) is 0 Å². The minimum absolute atomic E-state index is 0.262. The van der Waals surface area contributed by atoms with Crippen LogP contribution in [0.1, 0.15) is 0 Å². The molecule has 1 nitrogen and oxygen atoms in total. The van der Waals surface area contributed by atoms with Gasteiger partial charge < -0.3 is 4.74 Å². The zero-order valence-electron chi connectivity index (χ0n) is 4.23. The van der Waals surface area contributed by atoms with E-state index in [1.54, 1.807) is 0 Å². The van der Waals surface area contributed by atoms with Gasteiger partial charge in [0.15, 0.2) is 0 Å². The van der Waals surface area contributed by atoms with E-state index in [1.165, 1.54) is 0 Å². The van der Waals surface area contributed by atoms with Gasteiger partial charge in [0.1, 0.15) is 0 Å². The Bertz CT molecular complexity index is 112. The quantitative estimate of drug-likeness (QED) is 0.588. The number of halogens is 2. The highest BCUT2D eigenvalue weighted by molar-refractivity contribution is 9.25. The topological polar surface area (TPSA) is 9.23 Å². The number of rotatable bonds is 0. The molecule has 2 atom stereocenters. The summed E-state index contributed by atoms with van der Waals surface area (Å²) in [5.41, 5.74) is 0. The molecule has 2 unspecified atom stereocenters. The molecule has 0 aromatic heterocycles. The second kappa shape index (κ2) is 1.50. The minimum atomic E-state index is 0.262. The molecular weight excluding hydrogens is 236 g/mol. The first-order chi connectivity index (χ1) is 3.73. The van der Waals surface area contributed by atoms with Crippen LogP contribution in [0.15, 0.2) is 0 Å². The molecule has 3 heteroatoms. The van der Waals surface area contributed by atoms with Gasteiger partial charge in [-0.2, -0.15) is 0 Å². The largest absolute Gasteiger partial charge is 0.381 e. The summed E-state index contributed by atoms with van der Waals surface area (Å²) in [6.07, 6.45) is 0. The van der Waals surface area contributed by atoms with Crippen molar-refractivity contribution in [2.24, 2.45) is 11.8 Å². The van der Waals surface area contributed by atoms with Crippen molar-refractivity contribution < 1.29 is 4.74 Å². The van der Waals surface area contributed by atoms with E-state index in [2.05, 4.69) is 31.9 Å². The lowest BCUT2D eigenvalue weighted by Crippen LogP contribution is -2.03. The summed E-state index contributed by atoms with van der Waals surface area (Å²) >= 11 is 7.13. The summed E-state index contributed by atoms with van der Waals surface area (Å²) in [5.74, 6) is 1.48. The lowest BCUT2D eigenvalue weighted by atomic mass is 10.4. The van der Waals surface area contributed by atoms with Crippen molar-refractivity contribution in [1.82, 2.24) is 0 Å². The Morgan fingerprint density at radius 3 is 2.00 bits per heavy atom. The van der Waals surface area contributed by atoms with E-state index in [0.29, 0.717) is 0 Å². The maximum absolute atomic E-state index is 5.18. The van der Waals surface area contributed by atoms with Crippen LogP contribution in [-0.2, 0) is 4.74 Å². The molecule has 0 N–H and O–H groups in total. The third-order valence-corrected chi connectivity index (χ3v) is 4.31. The Morgan fingerprint density at radius 1 is 1.25 bits per heavy atom. The lowest BCUT2D eigenvalue weighted by Gasteiger charge is -2.02. The smallest absolute Gasteiger partial charge is 0.0914 e. The molecule has 1 heterocycles. The maximum atomic E-state index is 5.18. The SMILES string of the molecule is BrC1(Br)C2COCC21. The first-order valence-corrected chi connectivity index (χ1v) is 4.27. The van der Waals surface area contributed by atoms with Crippen LogP contribution >= 0.6 is 31.9 Å². The molecular formula is C5H6Br2O. The Kier molecular flexibility index (Phi) is 1.06. The second-order valence-corrected chi connectivity index (χ2v) is 6.11. The normalized spacial score (nSPS) is 48.8. The van der Waals surface area contributed by atoms with Crippen LogP contribution in [0, 0.1) is 11.8 Å². The van der Waals surface area contributed by atoms with E-state index >= 15 is 0 Å². The summed E-state index contributed by atoms with van der Waals surface area (Å²) in [6.45, 7) is 1.86. The average molecular weight is 242 g/mol. The third kappa shape index (κ3) is 0.554. The molecule has 46 valence electrons. The molecule has 1 aliphatic carbocycles. The molecule has 2 rings (SSSR count). The Hall–Kier alpha value is 0.920. The van der Waals surface area contributed by atoms with E-state index in [1.807, 2.05) is 0 Å². The van der Waals surface area contributed by atoms with Gasteiger partial charge in [0.05, 0.1) is 16.4 Å². The molecule has 0 aromatic carbocycles. The van der Waals surface area contributed by atoms with Crippen molar-refractivity contribution >= 4 is 31.9 Å². The second-order valence-electron chi connectivity index (χ2n) is 2.42. The van der Waals surface area contributed by atoms with Gasteiger partial charge in [-0.15, -0.1) is 0 Å². The molecule has 2 aliphatic rings. The average Bonchev–Trinajstić information content (AvgIpc) is 2.22. The van der Waals surface area contributed by atoms with Crippen LogP contribution in [0.25, 0.3) is 0 Å². The van der Waals surface area contributed by atoms with Crippen LogP contribution in [-0.4, -0.2) is 16.4 Å². The Labute approximate surface area is 65.0 Å². The Balaban J connectivity index is 2.13. The first-order valence-electron chi connectivity index (χ1n) is 2.68. The van der Waals surface area contributed by atoms with Crippen molar-refractivity contribution in [3.8, 4) is 0 Å². The zero-order valence-corrected chi connectivity index (χ0v) is 7.41. The minimum Gasteiger partial charge on any atom is -0.381 e. The summed E-state index contributed by atoms with van der Waals surface area (Å²) in [6, 6.07) is 0. The van der Waals surface area contributed by atoms with Gasteiger partial charge in [-0.1, -0.05) is 31.9 Å². The van der Waals surface area contributed by atoms with Crippen LogP contribution in [0.5, 0.6) is 0 Å². The molecule has 8 heavy (non-hydrogen) atoms. The predicted octanol–water partition coefficient (Wildman–Crippen LogP) is 1.75. The monoisotopic (exact) mass is 240 g/mol. The summed E-state index contributed by atoms with van der Waals surface area (Å²) in [5, 5.41) is 0. The molecule has 0 bridgehead atoms.